The molecule has 0 fully saturated rings. The largest absolute Gasteiger partial charge is 0.480 e. The smallest absolute Gasteiger partial charge is 0.321 e. The van der Waals surface area contributed by atoms with Crippen molar-refractivity contribution in [2.75, 3.05) is 0 Å². The summed E-state index contributed by atoms with van der Waals surface area (Å²) in [5.74, 6) is -0.249. The average Bonchev–Trinajstić information content (AvgIpc) is 2.99. The number of carbonyl (C=O) groups is 1. The number of aromatic nitrogens is 2. The second-order valence-corrected chi connectivity index (χ2v) is 6.97. The van der Waals surface area contributed by atoms with Gasteiger partial charge in [-0.1, -0.05) is 12.1 Å². The molecule has 1 aromatic carbocycles. The predicted octanol–water partition coefficient (Wildman–Crippen LogP) is 2.30. The summed E-state index contributed by atoms with van der Waals surface area (Å²) in [5.41, 5.74) is 7.89. The molecule has 0 spiro atoms. The Balaban J connectivity index is 1.99. The third kappa shape index (κ3) is 3.86. The van der Waals surface area contributed by atoms with Gasteiger partial charge in [-0.3, -0.25) is 4.79 Å². The van der Waals surface area contributed by atoms with Crippen molar-refractivity contribution in [1.29, 1.82) is 0 Å². The fourth-order valence-corrected chi connectivity index (χ4v) is 2.84. The predicted molar refractivity (Wildman–Crippen MR) is 84.5 cm³/mol. The first-order valence-corrected chi connectivity index (χ1v) is 7.58. The maximum Gasteiger partial charge on any atom is 0.321 e. The average molecular weight is 305 g/mol. The number of rotatable bonds is 6. The SMILES string of the molecule is CC(C)(SCc1ccc(-n2ccnc2)cc1)[C@H](N)C(=O)O. The lowest BCUT2D eigenvalue weighted by Gasteiger charge is -2.28. The molecule has 0 amide bonds. The van der Waals surface area contributed by atoms with Crippen LogP contribution in [0.15, 0.2) is 43.0 Å². The Morgan fingerprint density at radius 1 is 1.43 bits per heavy atom. The van der Waals surface area contributed by atoms with Gasteiger partial charge in [-0.25, -0.2) is 4.98 Å². The quantitative estimate of drug-likeness (QED) is 0.856. The van der Waals surface area contributed by atoms with E-state index in [-0.39, 0.29) is 0 Å². The Labute approximate surface area is 128 Å². The number of aliphatic carboxylic acids is 1. The molecule has 5 nitrogen and oxygen atoms in total. The number of nitrogens with zero attached hydrogens (tertiary/aromatic N) is 2. The molecule has 1 heterocycles. The summed E-state index contributed by atoms with van der Waals surface area (Å²) in [6.07, 6.45) is 5.37. The van der Waals surface area contributed by atoms with Crippen LogP contribution >= 0.6 is 11.8 Å². The van der Waals surface area contributed by atoms with Crippen LogP contribution in [-0.2, 0) is 10.5 Å². The zero-order chi connectivity index (χ0) is 15.5. The molecule has 21 heavy (non-hydrogen) atoms. The highest BCUT2D eigenvalue weighted by molar-refractivity contribution is 7.99. The molecule has 1 atom stereocenters. The number of thioether (sulfide) groups is 1. The molecular weight excluding hydrogens is 286 g/mol. The second-order valence-electron chi connectivity index (χ2n) is 5.34. The van der Waals surface area contributed by atoms with Crippen molar-refractivity contribution in [3.63, 3.8) is 0 Å². The standard InChI is InChI=1S/C15H19N3O2S/c1-15(2,13(16)14(19)20)21-9-11-3-5-12(6-4-11)18-8-7-17-10-18/h3-8,10,13H,9,16H2,1-2H3,(H,19,20)/t13-/m1/s1. The first kappa shape index (κ1) is 15.6. The van der Waals surface area contributed by atoms with E-state index < -0.39 is 16.8 Å². The number of benzene rings is 1. The molecule has 0 aliphatic heterocycles. The molecule has 1 aromatic heterocycles. The Hall–Kier alpha value is -1.79. The molecule has 3 N–H and O–H groups in total. The summed E-state index contributed by atoms with van der Waals surface area (Å²) in [6.45, 7) is 3.71. The van der Waals surface area contributed by atoms with Gasteiger partial charge in [0, 0.05) is 28.6 Å². The van der Waals surface area contributed by atoms with Crippen molar-refractivity contribution in [3.05, 3.63) is 48.5 Å². The molecule has 0 aliphatic carbocycles. The fraction of sp³-hybridized carbons (Fsp3) is 0.333. The number of hydrogen-bond donors (Lipinski definition) is 2. The summed E-state index contributed by atoms with van der Waals surface area (Å²) >= 11 is 1.55. The molecule has 0 saturated heterocycles. The van der Waals surface area contributed by atoms with Crippen LogP contribution < -0.4 is 5.73 Å². The van der Waals surface area contributed by atoms with Gasteiger partial charge in [-0.2, -0.15) is 0 Å². The Kier molecular flexibility index (Phi) is 4.69. The van der Waals surface area contributed by atoms with Gasteiger partial charge in [0.15, 0.2) is 0 Å². The van der Waals surface area contributed by atoms with Gasteiger partial charge < -0.3 is 15.4 Å². The monoisotopic (exact) mass is 305 g/mol. The minimum absolute atomic E-state index is 0.519. The summed E-state index contributed by atoms with van der Waals surface area (Å²) in [6, 6.07) is 7.21. The van der Waals surface area contributed by atoms with Gasteiger partial charge in [0.25, 0.3) is 0 Å². The van der Waals surface area contributed by atoms with Gasteiger partial charge >= 0.3 is 5.97 Å². The minimum Gasteiger partial charge on any atom is -0.480 e. The van der Waals surface area contributed by atoms with E-state index in [0.717, 1.165) is 17.0 Å². The first-order valence-electron chi connectivity index (χ1n) is 6.60. The number of carboxylic acids is 1. The summed E-state index contributed by atoms with van der Waals surface area (Å²) < 4.78 is 1.41. The maximum absolute atomic E-state index is 11.0. The van der Waals surface area contributed by atoms with Crippen LogP contribution in [0.5, 0.6) is 0 Å². The van der Waals surface area contributed by atoms with Gasteiger partial charge in [0.2, 0.25) is 0 Å². The highest BCUT2D eigenvalue weighted by Gasteiger charge is 2.32. The molecule has 2 aromatic rings. The van der Waals surface area contributed by atoms with Crippen LogP contribution in [0.3, 0.4) is 0 Å². The first-order chi connectivity index (χ1) is 9.90. The Morgan fingerprint density at radius 2 is 2.10 bits per heavy atom. The fourth-order valence-electron chi connectivity index (χ4n) is 1.83. The molecule has 0 radical (unpaired) electrons. The maximum atomic E-state index is 11.0. The Morgan fingerprint density at radius 3 is 2.62 bits per heavy atom. The lowest BCUT2D eigenvalue weighted by atomic mass is 10.1. The minimum atomic E-state index is -0.969. The van der Waals surface area contributed by atoms with E-state index >= 15 is 0 Å². The van der Waals surface area contributed by atoms with Crippen LogP contribution in [0.2, 0.25) is 0 Å². The zero-order valence-electron chi connectivity index (χ0n) is 12.1. The van der Waals surface area contributed by atoms with E-state index in [1.807, 2.05) is 48.9 Å². The zero-order valence-corrected chi connectivity index (χ0v) is 12.9. The van der Waals surface area contributed by atoms with Crippen LogP contribution in [0, 0.1) is 0 Å². The molecular formula is C15H19N3O2S. The number of carboxylic acid groups (broad SMARTS) is 1. The molecule has 0 saturated carbocycles. The van der Waals surface area contributed by atoms with Crippen LogP contribution in [-0.4, -0.2) is 31.4 Å². The molecule has 0 unspecified atom stereocenters. The Bertz CT molecular complexity index is 594. The van der Waals surface area contributed by atoms with Crippen LogP contribution in [0.25, 0.3) is 5.69 Å². The van der Waals surface area contributed by atoms with Crippen molar-refractivity contribution in [3.8, 4) is 5.69 Å². The molecule has 2 rings (SSSR count). The molecule has 0 aliphatic rings. The van der Waals surface area contributed by atoms with Crippen LogP contribution in [0.1, 0.15) is 19.4 Å². The molecule has 112 valence electrons. The van der Waals surface area contributed by atoms with E-state index in [0.29, 0.717) is 0 Å². The summed E-state index contributed by atoms with van der Waals surface area (Å²) in [7, 11) is 0. The second kappa shape index (κ2) is 6.32. The van der Waals surface area contributed by atoms with Gasteiger partial charge in [0.05, 0.1) is 6.33 Å². The van der Waals surface area contributed by atoms with Crippen molar-refractivity contribution in [2.45, 2.75) is 30.4 Å². The molecule has 6 heteroatoms. The third-order valence-electron chi connectivity index (χ3n) is 3.36. The van der Waals surface area contributed by atoms with Crippen LogP contribution in [0.4, 0.5) is 0 Å². The van der Waals surface area contributed by atoms with Crippen molar-refractivity contribution in [2.24, 2.45) is 5.73 Å². The normalized spacial score (nSPS) is 13.1. The highest BCUT2D eigenvalue weighted by atomic mass is 32.2. The van der Waals surface area contributed by atoms with Crippen molar-refractivity contribution >= 4 is 17.7 Å². The topological polar surface area (TPSA) is 81.1 Å². The van der Waals surface area contributed by atoms with E-state index in [4.69, 9.17) is 10.8 Å². The lowest BCUT2D eigenvalue weighted by molar-refractivity contribution is -0.139. The van der Waals surface area contributed by atoms with E-state index in [1.165, 1.54) is 0 Å². The van der Waals surface area contributed by atoms with Gasteiger partial charge in [-0.15, -0.1) is 11.8 Å². The lowest BCUT2D eigenvalue weighted by Crippen LogP contribution is -2.46. The van der Waals surface area contributed by atoms with Gasteiger partial charge in [0.1, 0.15) is 6.04 Å². The number of hydrogen-bond acceptors (Lipinski definition) is 4. The third-order valence-corrected chi connectivity index (χ3v) is 4.84. The van der Waals surface area contributed by atoms with Crippen molar-refractivity contribution in [1.82, 2.24) is 9.55 Å². The van der Waals surface area contributed by atoms with E-state index in [1.54, 1.807) is 24.3 Å². The number of nitrogens with two attached hydrogens (primary N) is 1. The summed E-state index contributed by atoms with van der Waals surface area (Å²) in [4.78, 5) is 15.0. The molecule has 0 bridgehead atoms. The van der Waals surface area contributed by atoms with Crippen molar-refractivity contribution < 1.29 is 9.90 Å². The highest BCUT2D eigenvalue weighted by Crippen LogP contribution is 2.30. The summed E-state index contributed by atoms with van der Waals surface area (Å²) in [5, 5.41) is 9.01. The van der Waals surface area contributed by atoms with E-state index in [9.17, 15) is 4.79 Å². The van der Waals surface area contributed by atoms with Gasteiger partial charge in [-0.05, 0) is 31.5 Å². The van der Waals surface area contributed by atoms with E-state index in [2.05, 4.69) is 4.98 Å². The number of imidazole rings is 1.